The van der Waals surface area contributed by atoms with E-state index < -0.39 is 18.7 Å². The molecule has 2 fully saturated rings. The Balaban J connectivity index is 1.36. The third-order valence-electron chi connectivity index (χ3n) is 10.0. The standard InChI is InChI=1S/C31H53ClN2O4/c1-20(2)28(30(36)34-15-13-23(14-16-34)22-9-11-27(32)12-10-22)33-29(35)25-17-24(21-7-5-4-6-8-21)18-26(19-25)31(37)38-3/h5,7,9,20-21,23-31,33,35-37H,4,6,8,10-19H2,1-3H3/t21?,24?,25?,26?,27?,28-,29?,30?,31?/m1/s1. The highest BCUT2D eigenvalue weighted by molar-refractivity contribution is 6.20. The quantitative estimate of drug-likeness (QED) is 0.173. The first-order chi connectivity index (χ1) is 18.3. The lowest BCUT2D eigenvalue weighted by molar-refractivity contribution is -0.140. The number of aliphatic hydroxyl groups excluding tert-OH is 3. The van der Waals surface area contributed by atoms with Crippen LogP contribution in [0.25, 0.3) is 0 Å². The van der Waals surface area contributed by atoms with Crippen LogP contribution >= 0.6 is 11.6 Å². The van der Waals surface area contributed by atoms with Crippen molar-refractivity contribution in [1.29, 1.82) is 0 Å². The molecule has 9 atom stereocenters. The number of allylic oxidation sites excluding steroid dienone is 4. The Bertz CT molecular complexity index is 784. The fourth-order valence-corrected chi connectivity index (χ4v) is 7.83. The molecule has 4 rings (SSSR count). The van der Waals surface area contributed by atoms with E-state index in [1.807, 2.05) is 0 Å². The average Bonchev–Trinajstić information content (AvgIpc) is 2.95. The van der Waals surface area contributed by atoms with Gasteiger partial charge >= 0.3 is 0 Å². The predicted molar refractivity (Wildman–Crippen MR) is 153 cm³/mol. The van der Waals surface area contributed by atoms with Gasteiger partial charge in [-0.1, -0.05) is 37.6 Å². The van der Waals surface area contributed by atoms with Crippen LogP contribution in [0.2, 0.25) is 0 Å². The van der Waals surface area contributed by atoms with Crippen LogP contribution in [0.15, 0.2) is 23.8 Å². The summed E-state index contributed by atoms with van der Waals surface area (Å²) in [6.45, 7) is 5.97. The Morgan fingerprint density at radius 2 is 1.76 bits per heavy atom. The number of halogens is 1. The minimum Gasteiger partial charge on any atom is -0.378 e. The Morgan fingerprint density at radius 3 is 2.37 bits per heavy atom. The van der Waals surface area contributed by atoms with Gasteiger partial charge < -0.3 is 20.1 Å². The maximum absolute atomic E-state index is 11.5. The van der Waals surface area contributed by atoms with E-state index in [2.05, 4.69) is 42.3 Å². The molecule has 4 aliphatic rings. The molecule has 8 unspecified atom stereocenters. The Hall–Kier alpha value is -0.470. The minimum absolute atomic E-state index is 0.0140. The third-order valence-corrected chi connectivity index (χ3v) is 10.4. The second-order valence-corrected chi connectivity index (χ2v) is 13.5. The number of hydrogen-bond donors (Lipinski definition) is 4. The van der Waals surface area contributed by atoms with E-state index in [-0.39, 0.29) is 29.2 Å². The van der Waals surface area contributed by atoms with E-state index in [1.54, 1.807) is 12.7 Å². The summed E-state index contributed by atoms with van der Waals surface area (Å²) >= 11 is 6.29. The first-order valence-electron chi connectivity index (χ1n) is 15.3. The van der Waals surface area contributed by atoms with Gasteiger partial charge in [0.05, 0.1) is 6.04 Å². The van der Waals surface area contributed by atoms with Crippen molar-refractivity contribution in [3.63, 3.8) is 0 Å². The van der Waals surface area contributed by atoms with Gasteiger partial charge in [0.1, 0.15) is 12.5 Å². The van der Waals surface area contributed by atoms with Gasteiger partial charge in [-0.2, -0.15) is 0 Å². The highest BCUT2D eigenvalue weighted by atomic mass is 35.5. The predicted octanol–water partition coefficient (Wildman–Crippen LogP) is 5.02. The van der Waals surface area contributed by atoms with Gasteiger partial charge in [-0.25, -0.2) is 0 Å². The highest BCUT2D eigenvalue weighted by Gasteiger charge is 2.40. The van der Waals surface area contributed by atoms with Crippen molar-refractivity contribution >= 4 is 11.6 Å². The molecule has 6 nitrogen and oxygen atoms in total. The monoisotopic (exact) mass is 552 g/mol. The fraction of sp³-hybridized carbons (Fsp3) is 0.871. The number of methoxy groups -OCH3 is 1. The van der Waals surface area contributed by atoms with Crippen LogP contribution in [0.5, 0.6) is 0 Å². The van der Waals surface area contributed by atoms with E-state index in [9.17, 15) is 15.3 Å². The summed E-state index contributed by atoms with van der Waals surface area (Å²) in [7, 11) is 1.56. The average molecular weight is 553 g/mol. The van der Waals surface area contributed by atoms with Crippen molar-refractivity contribution in [1.82, 2.24) is 10.2 Å². The molecular weight excluding hydrogens is 500 g/mol. The van der Waals surface area contributed by atoms with Crippen LogP contribution in [0.4, 0.5) is 0 Å². The lowest BCUT2D eigenvalue weighted by Crippen LogP contribution is -2.58. The van der Waals surface area contributed by atoms with Gasteiger partial charge in [0.2, 0.25) is 0 Å². The van der Waals surface area contributed by atoms with Crippen molar-refractivity contribution < 1.29 is 20.1 Å². The molecule has 0 aromatic carbocycles. The molecule has 0 aromatic rings. The number of piperidine rings is 1. The normalized spacial score (nSPS) is 35.1. The molecule has 0 aromatic heterocycles. The number of alkyl halides is 1. The van der Waals surface area contributed by atoms with Crippen LogP contribution in [-0.4, -0.2) is 70.6 Å². The van der Waals surface area contributed by atoms with Crippen LogP contribution < -0.4 is 5.32 Å². The number of nitrogens with zero attached hydrogens (tertiary/aromatic N) is 1. The third kappa shape index (κ3) is 7.84. The lowest BCUT2D eigenvalue weighted by atomic mass is 9.67. The van der Waals surface area contributed by atoms with Gasteiger partial charge in [0.25, 0.3) is 0 Å². The van der Waals surface area contributed by atoms with Gasteiger partial charge in [-0.05, 0) is 100 Å². The number of nitrogens with one attached hydrogen (secondary N) is 1. The Morgan fingerprint density at radius 1 is 1.03 bits per heavy atom. The van der Waals surface area contributed by atoms with Gasteiger partial charge in [-0.15, -0.1) is 11.6 Å². The van der Waals surface area contributed by atoms with E-state index in [0.29, 0.717) is 17.8 Å². The molecule has 7 heteroatoms. The van der Waals surface area contributed by atoms with Gasteiger partial charge in [-0.3, -0.25) is 10.2 Å². The Labute approximate surface area is 235 Å². The van der Waals surface area contributed by atoms with Gasteiger partial charge in [0, 0.05) is 31.5 Å². The zero-order valence-corrected chi connectivity index (χ0v) is 24.6. The molecule has 1 heterocycles. The van der Waals surface area contributed by atoms with Crippen molar-refractivity contribution in [3.05, 3.63) is 23.8 Å². The van der Waals surface area contributed by atoms with E-state index >= 15 is 0 Å². The number of hydrogen-bond acceptors (Lipinski definition) is 6. The summed E-state index contributed by atoms with van der Waals surface area (Å²) in [6, 6.07) is -0.229. The summed E-state index contributed by atoms with van der Waals surface area (Å²) in [4.78, 5) is 2.20. The second kappa shape index (κ2) is 14.4. The first-order valence-corrected chi connectivity index (χ1v) is 15.8. The van der Waals surface area contributed by atoms with Crippen LogP contribution in [-0.2, 0) is 4.74 Å². The second-order valence-electron chi connectivity index (χ2n) is 12.9. The summed E-state index contributed by atoms with van der Waals surface area (Å²) in [5.41, 5.74) is 1.57. The lowest BCUT2D eigenvalue weighted by Gasteiger charge is -2.44. The summed E-state index contributed by atoms with van der Waals surface area (Å²) in [5, 5.41) is 37.2. The number of aliphatic hydroxyl groups is 3. The first kappa shape index (κ1) is 30.5. The molecule has 0 radical (unpaired) electrons. The molecule has 218 valence electrons. The maximum atomic E-state index is 11.5. The molecule has 1 saturated carbocycles. The topological polar surface area (TPSA) is 85.2 Å². The molecule has 0 bridgehead atoms. The number of ether oxygens (including phenoxy) is 1. The van der Waals surface area contributed by atoms with E-state index in [1.165, 1.54) is 12.8 Å². The van der Waals surface area contributed by atoms with Crippen LogP contribution in [0, 0.1) is 35.5 Å². The molecule has 38 heavy (non-hydrogen) atoms. The molecule has 1 aliphatic heterocycles. The molecule has 1 saturated heterocycles. The summed E-state index contributed by atoms with van der Waals surface area (Å²) in [5.74, 6) is 1.74. The minimum atomic E-state index is -0.803. The molecule has 0 amide bonds. The molecule has 3 aliphatic carbocycles. The summed E-state index contributed by atoms with van der Waals surface area (Å²) in [6.07, 6.45) is 16.3. The van der Waals surface area contributed by atoms with Crippen LogP contribution in [0.3, 0.4) is 0 Å². The van der Waals surface area contributed by atoms with E-state index in [0.717, 1.165) is 70.9 Å². The molecular formula is C31H53ClN2O4. The number of likely N-dealkylation sites (tertiary alicyclic amines) is 1. The zero-order valence-electron chi connectivity index (χ0n) is 23.9. The van der Waals surface area contributed by atoms with Crippen molar-refractivity contribution in [2.75, 3.05) is 20.2 Å². The van der Waals surface area contributed by atoms with Crippen molar-refractivity contribution in [2.45, 2.75) is 115 Å². The highest BCUT2D eigenvalue weighted by Crippen LogP contribution is 2.43. The van der Waals surface area contributed by atoms with E-state index in [4.69, 9.17) is 16.3 Å². The van der Waals surface area contributed by atoms with Crippen LogP contribution in [0.1, 0.15) is 84.5 Å². The van der Waals surface area contributed by atoms with Crippen molar-refractivity contribution in [2.24, 2.45) is 35.5 Å². The smallest absolute Gasteiger partial charge is 0.156 e. The summed E-state index contributed by atoms with van der Waals surface area (Å²) < 4.78 is 5.33. The number of rotatable bonds is 10. The maximum Gasteiger partial charge on any atom is 0.156 e. The fourth-order valence-electron chi connectivity index (χ4n) is 7.63. The molecule has 0 spiro atoms. The Kier molecular flexibility index (Phi) is 11.6. The zero-order chi connectivity index (χ0) is 27.2. The molecule has 4 N–H and O–H groups in total. The van der Waals surface area contributed by atoms with Gasteiger partial charge in [0.15, 0.2) is 6.29 Å². The van der Waals surface area contributed by atoms with Crippen molar-refractivity contribution in [3.8, 4) is 0 Å². The largest absolute Gasteiger partial charge is 0.378 e. The SMILES string of the molecule is COC(O)C1CC(C2C=CCCC2)CC(C(O)N[C@H](C(C)C)C(O)N2CCC(C3=CCC(Cl)CC3)CC2)C1.